The third-order valence-corrected chi connectivity index (χ3v) is 3.01. The largest absolute Gasteiger partial charge is 0.397 e. The van der Waals surface area contributed by atoms with Crippen LogP contribution in [0.15, 0.2) is 24.0 Å². The molecule has 0 aliphatic carbocycles. The summed E-state index contributed by atoms with van der Waals surface area (Å²) in [6, 6.07) is 1.86. The Balaban J connectivity index is 2.24. The zero-order valence-corrected chi connectivity index (χ0v) is 8.45. The van der Waals surface area contributed by atoms with Crippen molar-refractivity contribution < 1.29 is 0 Å². The highest BCUT2D eigenvalue weighted by Gasteiger charge is 2.09. The van der Waals surface area contributed by atoms with Gasteiger partial charge in [0.15, 0.2) is 11.5 Å². The number of fused-ring (bicyclic) bond motifs is 1. The molecule has 3 aromatic rings. The molecule has 15 heavy (non-hydrogen) atoms. The van der Waals surface area contributed by atoms with Crippen molar-refractivity contribution in [1.29, 1.82) is 0 Å². The molecule has 0 aliphatic heterocycles. The average Bonchev–Trinajstić information content (AvgIpc) is 2.82. The topological polar surface area (TPSA) is 80.5 Å². The van der Waals surface area contributed by atoms with E-state index in [1.54, 1.807) is 17.5 Å². The molecule has 3 heterocycles. The normalized spacial score (nSPS) is 10.9. The number of nitrogen functional groups attached to an aromatic ring is 1. The quantitative estimate of drug-likeness (QED) is 0.649. The number of anilines is 1. The van der Waals surface area contributed by atoms with E-state index in [9.17, 15) is 0 Å². The molecular formula is C9H7N5S. The molecule has 0 aromatic carbocycles. The summed E-state index contributed by atoms with van der Waals surface area (Å²) in [5.74, 6) is 0.748. The fourth-order valence-electron chi connectivity index (χ4n) is 1.38. The number of nitrogens with one attached hydrogen (secondary N) is 1. The second-order valence-corrected chi connectivity index (χ2v) is 3.97. The van der Waals surface area contributed by atoms with E-state index in [1.165, 1.54) is 6.33 Å². The van der Waals surface area contributed by atoms with Gasteiger partial charge in [-0.3, -0.25) is 0 Å². The van der Waals surface area contributed by atoms with Crippen LogP contribution in [-0.4, -0.2) is 19.9 Å². The highest BCUT2D eigenvalue weighted by molar-refractivity contribution is 7.14. The molecule has 0 atom stereocenters. The van der Waals surface area contributed by atoms with Gasteiger partial charge in [0, 0.05) is 0 Å². The van der Waals surface area contributed by atoms with E-state index in [0.29, 0.717) is 5.65 Å². The second kappa shape index (κ2) is 3.03. The van der Waals surface area contributed by atoms with Crippen LogP contribution in [0.5, 0.6) is 0 Å². The van der Waals surface area contributed by atoms with E-state index in [1.807, 2.05) is 11.4 Å². The Bertz CT molecular complexity index is 579. The number of nitrogens with two attached hydrogens (primary N) is 1. The number of H-pyrrole nitrogens is 1. The predicted octanol–water partition coefficient (Wildman–Crippen LogP) is 1.66. The molecule has 0 unspecified atom stereocenters. The van der Waals surface area contributed by atoms with Crippen LogP contribution in [0.3, 0.4) is 0 Å². The Morgan fingerprint density at radius 2 is 2.33 bits per heavy atom. The van der Waals surface area contributed by atoms with E-state index in [4.69, 9.17) is 5.73 Å². The number of imidazole rings is 1. The van der Waals surface area contributed by atoms with Crippen molar-refractivity contribution in [3.63, 3.8) is 0 Å². The smallest absolute Gasteiger partial charge is 0.181 e. The summed E-state index contributed by atoms with van der Waals surface area (Å²) in [4.78, 5) is 16.4. The van der Waals surface area contributed by atoms with Crippen molar-refractivity contribution in [2.24, 2.45) is 0 Å². The van der Waals surface area contributed by atoms with Crippen LogP contribution >= 0.6 is 11.3 Å². The fourth-order valence-corrected chi connectivity index (χ4v) is 2.14. The van der Waals surface area contributed by atoms with Crippen LogP contribution in [0.1, 0.15) is 0 Å². The van der Waals surface area contributed by atoms with Gasteiger partial charge in [-0.15, -0.1) is 11.3 Å². The van der Waals surface area contributed by atoms with E-state index < -0.39 is 0 Å². The maximum absolute atomic E-state index is 5.81. The SMILES string of the molecule is Nc1ccsc1-c1nc2ncncc2[nH]1. The summed E-state index contributed by atoms with van der Waals surface area (Å²) in [5, 5.41) is 1.93. The van der Waals surface area contributed by atoms with Crippen LogP contribution < -0.4 is 5.73 Å². The molecule has 6 heteroatoms. The van der Waals surface area contributed by atoms with Crippen molar-refractivity contribution >= 4 is 28.2 Å². The second-order valence-electron chi connectivity index (χ2n) is 3.05. The first-order valence-electron chi connectivity index (χ1n) is 4.33. The van der Waals surface area contributed by atoms with E-state index in [0.717, 1.165) is 21.9 Å². The number of hydrogen-bond acceptors (Lipinski definition) is 5. The Morgan fingerprint density at radius 1 is 1.40 bits per heavy atom. The van der Waals surface area contributed by atoms with Gasteiger partial charge in [-0.1, -0.05) is 0 Å². The highest BCUT2D eigenvalue weighted by atomic mass is 32.1. The Morgan fingerprint density at radius 3 is 3.07 bits per heavy atom. The lowest BCUT2D eigenvalue weighted by Crippen LogP contribution is -1.84. The van der Waals surface area contributed by atoms with Gasteiger partial charge < -0.3 is 10.7 Å². The molecule has 3 N–H and O–H groups in total. The van der Waals surface area contributed by atoms with Crippen molar-refractivity contribution in [1.82, 2.24) is 19.9 Å². The minimum Gasteiger partial charge on any atom is -0.397 e. The first-order chi connectivity index (χ1) is 7.34. The Kier molecular flexibility index (Phi) is 1.69. The van der Waals surface area contributed by atoms with E-state index >= 15 is 0 Å². The fraction of sp³-hybridized carbons (Fsp3) is 0. The van der Waals surface area contributed by atoms with Gasteiger partial charge in [0.2, 0.25) is 0 Å². The number of nitrogens with zero attached hydrogens (tertiary/aromatic N) is 3. The summed E-state index contributed by atoms with van der Waals surface area (Å²) in [5.41, 5.74) is 8.02. The number of aromatic amines is 1. The lowest BCUT2D eigenvalue weighted by molar-refractivity contribution is 1.20. The minimum atomic E-state index is 0.660. The summed E-state index contributed by atoms with van der Waals surface area (Å²) >= 11 is 1.55. The van der Waals surface area contributed by atoms with Gasteiger partial charge in [0.1, 0.15) is 11.8 Å². The lowest BCUT2D eigenvalue weighted by Gasteiger charge is -1.91. The van der Waals surface area contributed by atoms with Crippen molar-refractivity contribution in [3.8, 4) is 10.7 Å². The Hall–Kier alpha value is -1.95. The Labute approximate surface area is 89.0 Å². The summed E-state index contributed by atoms with van der Waals surface area (Å²) in [6.07, 6.45) is 3.17. The third-order valence-electron chi connectivity index (χ3n) is 2.07. The molecule has 0 spiro atoms. The number of aromatic nitrogens is 4. The first-order valence-corrected chi connectivity index (χ1v) is 5.21. The predicted molar refractivity (Wildman–Crippen MR) is 59.4 cm³/mol. The summed E-state index contributed by atoms with van der Waals surface area (Å²) in [7, 11) is 0. The van der Waals surface area contributed by atoms with E-state index in [2.05, 4.69) is 19.9 Å². The van der Waals surface area contributed by atoms with Crippen LogP contribution in [0.4, 0.5) is 5.69 Å². The van der Waals surface area contributed by atoms with Gasteiger partial charge in [-0.25, -0.2) is 15.0 Å². The number of hydrogen-bond donors (Lipinski definition) is 2. The standard InChI is InChI=1S/C9H7N5S/c10-5-1-2-15-7(5)9-13-6-3-11-4-12-8(6)14-9/h1-4H,10H2,(H,11,12,13,14). The molecule has 3 rings (SSSR count). The average molecular weight is 217 g/mol. The maximum Gasteiger partial charge on any atom is 0.181 e. The van der Waals surface area contributed by atoms with Crippen LogP contribution in [0.2, 0.25) is 0 Å². The molecule has 0 bridgehead atoms. The van der Waals surface area contributed by atoms with E-state index in [-0.39, 0.29) is 0 Å². The molecule has 3 aromatic heterocycles. The molecule has 0 radical (unpaired) electrons. The van der Waals surface area contributed by atoms with Crippen molar-refractivity contribution in [3.05, 3.63) is 24.0 Å². The summed E-state index contributed by atoms with van der Waals surface area (Å²) in [6.45, 7) is 0. The van der Waals surface area contributed by atoms with Crippen LogP contribution in [0, 0.1) is 0 Å². The minimum absolute atomic E-state index is 0.660. The van der Waals surface area contributed by atoms with Crippen LogP contribution in [0.25, 0.3) is 21.9 Å². The molecular weight excluding hydrogens is 210 g/mol. The first kappa shape index (κ1) is 8.37. The van der Waals surface area contributed by atoms with Gasteiger partial charge in [0.25, 0.3) is 0 Å². The molecule has 0 fully saturated rings. The van der Waals surface area contributed by atoms with Crippen LogP contribution in [-0.2, 0) is 0 Å². The molecule has 74 valence electrons. The molecule has 0 amide bonds. The third kappa shape index (κ3) is 1.26. The summed E-state index contributed by atoms with van der Waals surface area (Å²) < 4.78 is 0. The van der Waals surface area contributed by atoms with Gasteiger partial charge in [-0.2, -0.15) is 0 Å². The molecule has 0 saturated heterocycles. The number of thiophene rings is 1. The monoisotopic (exact) mass is 217 g/mol. The molecule has 0 saturated carbocycles. The van der Waals surface area contributed by atoms with Gasteiger partial charge in [-0.05, 0) is 11.4 Å². The van der Waals surface area contributed by atoms with Crippen molar-refractivity contribution in [2.75, 3.05) is 5.73 Å². The lowest BCUT2D eigenvalue weighted by atomic mass is 10.4. The van der Waals surface area contributed by atoms with Gasteiger partial charge >= 0.3 is 0 Å². The maximum atomic E-state index is 5.81. The van der Waals surface area contributed by atoms with Crippen molar-refractivity contribution in [2.45, 2.75) is 0 Å². The molecule has 5 nitrogen and oxygen atoms in total. The number of rotatable bonds is 1. The zero-order chi connectivity index (χ0) is 10.3. The highest BCUT2D eigenvalue weighted by Crippen LogP contribution is 2.29. The van der Waals surface area contributed by atoms with Gasteiger partial charge in [0.05, 0.1) is 16.8 Å². The zero-order valence-electron chi connectivity index (χ0n) is 7.64. The molecule has 0 aliphatic rings.